The van der Waals surface area contributed by atoms with Crippen LogP contribution in [0.5, 0.6) is 17.2 Å². The topological polar surface area (TPSA) is 109 Å². The SMILES string of the molecule is CCOc1cc(C(=O)Nc2c3c(nn2-c2ccc(F)cc2)CS(=O)(=O)C3)cc(OCC)c1OCC. The minimum atomic E-state index is -3.37. The van der Waals surface area contributed by atoms with Gasteiger partial charge in [-0.3, -0.25) is 4.79 Å². The number of amides is 1. The number of aromatic nitrogens is 2. The highest BCUT2D eigenvalue weighted by molar-refractivity contribution is 7.90. The van der Waals surface area contributed by atoms with E-state index in [0.717, 1.165) is 0 Å². The summed E-state index contributed by atoms with van der Waals surface area (Å²) >= 11 is 0. The standard InChI is InChI=1S/C24H26FN3O6S/c1-4-32-20-11-15(12-21(33-5-2)22(20)34-6-3)24(29)26-23-18-13-35(30,31)14-19(18)27-28(23)17-9-7-16(25)8-10-17/h7-12H,4-6,13-14H2,1-3H3,(H,26,29). The molecule has 1 amide bonds. The van der Waals surface area contributed by atoms with E-state index in [1.54, 1.807) is 12.1 Å². The minimum Gasteiger partial charge on any atom is -0.490 e. The van der Waals surface area contributed by atoms with Crippen molar-refractivity contribution in [2.24, 2.45) is 0 Å². The fraction of sp³-hybridized carbons (Fsp3) is 0.333. The Hall–Kier alpha value is -3.60. The van der Waals surface area contributed by atoms with Gasteiger partial charge < -0.3 is 19.5 Å². The summed E-state index contributed by atoms with van der Waals surface area (Å²) in [5, 5.41) is 7.20. The molecule has 0 radical (unpaired) electrons. The highest BCUT2D eigenvalue weighted by Crippen LogP contribution is 2.40. The Balaban J connectivity index is 1.76. The number of rotatable bonds is 9. The quantitative estimate of drug-likeness (QED) is 0.472. The van der Waals surface area contributed by atoms with Gasteiger partial charge in [-0.25, -0.2) is 17.5 Å². The summed E-state index contributed by atoms with van der Waals surface area (Å²) in [7, 11) is -3.37. The second kappa shape index (κ2) is 9.95. The van der Waals surface area contributed by atoms with Crippen LogP contribution in [0.3, 0.4) is 0 Å². The van der Waals surface area contributed by atoms with Gasteiger partial charge in [-0.05, 0) is 57.2 Å². The minimum absolute atomic E-state index is 0.211. The monoisotopic (exact) mass is 503 g/mol. The van der Waals surface area contributed by atoms with Crippen LogP contribution in [0.15, 0.2) is 36.4 Å². The molecule has 1 aromatic heterocycles. The van der Waals surface area contributed by atoms with Gasteiger partial charge in [0, 0.05) is 11.1 Å². The maximum absolute atomic E-state index is 13.5. The molecule has 0 spiro atoms. The van der Waals surface area contributed by atoms with Crippen molar-refractivity contribution in [1.82, 2.24) is 9.78 Å². The van der Waals surface area contributed by atoms with Gasteiger partial charge in [-0.1, -0.05) is 0 Å². The van der Waals surface area contributed by atoms with Crippen LogP contribution in [-0.2, 0) is 21.3 Å². The van der Waals surface area contributed by atoms with Gasteiger partial charge in [-0.2, -0.15) is 5.10 Å². The molecule has 0 fully saturated rings. The summed E-state index contributed by atoms with van der Waals surface area (Å²) in [5.74, 6) is -0.121. The summed E-state index contributed by atoms with van der Waals surface area (Å²) in [5.41, 5.74) is 1.46. The van der Waals surface area contributed by atoms with Gasteiger partial charge in [0.25, 0.3) is 5.91 Å². The summed E-state index contributed by atoms with van der Waals surface area (Å²) in [6, 6.07) is 8.61. The van der Waals surface area contributed by atoms with Crippen LogP contribution in [0.25, 0.3) is 5.69 Å². The molecule has 0 unspecified atom stereocenters. The van der Waals surface area contributed by atoms with Crippen LogP contribution in [0.1, 0.15) is 42.4 Å². The molecule has 1 aliphatic heterocycles. The molecule has 1 aliphatic rings. The second-order valence-corrected chi connectivity index (χ2v) is 9.81. The first kappa shape index (κ1) is 24.5. The molecule has 0 bridgehead atoms. The third-order valence-corrected chi connectivity index (χ3v) is 6.70. The van der Waals surface area contributed by atoms with E-state index < -0.39 is 21.6 Å². The molecule has 2 heterocycles. The molecule has 186 valence electrons. The van der Waals surface area contributed by atoms with E-state index in [1.807, 2.05) is 20.8 Å². The van der Waals surface area contributed by atoms with Crippen molar-refractivity contribution in [3.8, 4) is 22.9 Å². The zero-order chi connectivity index (χ0) is 25.2. The maximum Gasteiger partial charge on any atom is 0.257 e. The number of hydrogen-bond donors (Lipinski definition) is 1. The van der Waals surface area contributed by atoms with Gasteiger partial charge in [-0.15, -0.1) is 0 Å². The van der Waals surface area contributed by atoms with Gasteiger partial charge in [0.05, 0.1) is 42.7 Å². The Kier molecular flexibility index (Phi) is 6.97. The first-order valence-electron chi connectivity index (χ1n) is 11.2. The molecule has 4 rings (SSSR count). The Morgan fingerprint density at radius 2 is 1.60 bits per heavy atom. The van der Waals surface area contributed by atoms with E-state index in [4.69, 9.17) is 14.2 Å². The highest BCUT2D eigenvalue weighted by Gasteiger charge is 2.33. The van der Waals surface area contributed by atoms with Crippen molar-refractivity contribution in [2.45, 2.75) is 32.3 Å². The number of nitrogens with zero attached hydrogens (tertiary/aromatic N) is 2. The fourth-order valence-electron chi connectivity index (χ4n) is 3.84. The summed E-state index contributed by atoms with van der Waals surface area (Å²) in [4.78, 5) is 13.4. The second-order valence-electron chi connectivity index (χ2n) is 7.75. The normalized spacial score (nSPS) is 13.8. The largest absolute Gasteiger partial charge is 0.490 e. The van der Waals surface area contributed by atoms with E-state index in [0.29, 0.717) is 54.0 Å². The molecule has 0 aliphatic carbocycles. The number of benzene rings is 2. The Morgan fingerprint density at radius 3 is 2.17 bits per heavy atom. The molecule has 3 aromatic rings. The van der Waals surface area contributed by atoms with Crippen molar-refractivity contribution in [3.05, 3.63) is 59.0 Å². The lowest BCUT2D eigenvalue weighted by atomic mass is 10.1. The Bertz CT molecular complexity index is 1330. The number of hydrogen-bond acceptors (Lipinski definition) is 7. The molecular weight excluding hydrogens is 477 g/mol. The van der Waals surface area contributed by atoms with Crippen LogP contribution in [0.4, 0.5) is 10.2 Å². The van der Waals surface area contributed by atoms with Gasteiger partial charge in [0.1, 0.15) is 11.6 Å². The molecule has 2 aromatic carbocycles. The predicted molar refractivity (Wildman–Crippen MR) is 128 cm³/mol. The summed E-state index contributed by atoms with van der Waals surface area (Å²) < 4.78 is 56.4. The third kappa shape index (κ3) is 5.09. The smallest absolute Gasteiger partial charge is 0.257 e. The van der Waals surface area contributed by atoms with E-state index in [1.165, 1.54) is 28.9 Å². The summed E-state index contributed by atoms with van der Waals surface area (Å²) in [6.07, 6.45) is 0. The van der Waals surface area contributed by atoms with E-state index in [9.17, 15) is 17.6 Å². The lowest BCUT2D eigenvalue weighted by molar-refractivity contribution is 0.102. The number of sulfone groups is 1. The van der Waals surface area contributed by atoms with Crippen LogP contribution < -0.4 is 19.5 Å². The van der Waals surface area contributed by atoms with Crippen LogP contribution in [0, 0.1) is 5.82 Å². The number of carbonyl (C=O) groups excluding carboxylic acids is 1. The van der Waals surface area contributed by atoms with E-state index in [2.05, 4.69) is 10.4 Å². The fourth-order valence-corrected chi connectivity index (χ4v) is 5.33. The molecule has 35 heavy (non-hydrogen) atoms. The van der Waals surface area contributed by atoms with Crippen molar-refractivity contribution in [1.29, 1.82) is 0 Å². The van der Waals surface area contributed by atoms with Crippen molar-refractivity contribution < 1.29 is 31.8 Å². The highest BCUT2D eigenvalue weighted by atomic mass is 32.2. The average molecular weight is 504 g/mol. The number of ether oxygens (including phenoxy) is 3. The Morgan fingerprint density at radius 1 is 1.00 bits per heavy atom. The Labute approximate surface area is 202 Å². The molecular formula is C24H26FN3O6S. The lowest BCUT2D eigenvalue weighted by Gasteiger charge is -2.17. The average Bonchev–Trinajstić information content (AvgIpc) is 3.28. The zero-order valence-corrected chi connectivity index (χ0v) is 20.4. The number of anilines is 1. The summed E-state index contributed by atoms with van der Waals surface area (Å²) in [6.45, 7) is 6.53. The molecule has 0 atom stereocenters. The molecule has 1 N–H and O–H groups in total. The van der Waals surface area contributed by atoms with Gasteiger partial charge in [0.15, 0.2) is 21.3 Å². The first-order chi connectivity index (χ1) is 16.8. The number of fused-ring (bicyclic) bond motifs is 1. The molecule has 11 heteroatoms. The number of halogens is 1. The number of nitrogens with one attached hydrogen (secondary N) is 1. The lowest BCUT2D eigenvalue weighted by Crippen LogP contribution is -2.17. The first-order valence-corrected chi connectivity index (χ1v) is 13.0. The van der Waals surface area contributed by atoms with Crippen molar-refractivity contribution in [3.63, 3.8) is 0 Å². The van der Waals surface area contributed by atoms with E-state index in [-0.39, 0.29) is 22.9 Å². The molecule has 0 saturated carbocycles. The van der Waals surface area contributed by atoms with Crippen LogP contribution in [-0.4, -0.2) is 43.9 Å². The zero-order valence-electron chi connectivity index (χ0n) is 19.6. The van der Waals surface area contributed by atoms with Crippen molar-refractivity contribution in [2.75, 3.05) is 25.1 Å². The predicted octanol–water partition coefficient (Wildman–Crippen LogP) is 3.89. The molecule has 0 saturated heterocycles. The van der Waals surface area contributed by atoms with E-state index >= 15 is 0 Å². The van der Waals surface area contributed by atoms with Crippen LogP contribution >= 0.6 is 0 Å². The number of carbonyl (C=O) groups is 1. The van der Waals surface area contributed by atoms with Crippen LogP contribution in [0.2, 0.25) is 0 Å². The van der Waals surface area contributed by atoms with Gasteiger partial charge in [0.2, 0.25) is 5.75 Å². The maximum atomic E-state index is 13.5. The van der Waals surface area contributed by atoms with Gasteiger partial charge >= 0.3 is 0 Å². The third-order valence-electron chi connectivity index (χ3n) is 5.26. The van der Waals surface area contributed by atoms with Crippen molar-refractivity contribution >= 4 is 21.6 Å². The molecule has 9 nitrogen and oxygen atoms in total.